The maximum atomic E-state index is 10.9. The molecule has 1 aliphatic carbocycles. The fourth-order valence-corrected chi connectivity index (χ4v) is 2.85. The first-order valence-corrected chi connectivity index (χ1v) is 6.43. The van der Waals surface area contributed by atoms with Crippen molar-refractivity contribution in [3.8, 4) is 0 Å². The van der Waals surface area contributed by atoms with E-state index in [2.05, 4.69) is 18.8 Å². The first-order valence-electron chi connectivity index (χ1n) is 6.43. The molecule has 2 rings (SSSR count). The lowest BCUT2D eigenvalue weighted by molar-refractivity contribution is -0.141. The molecule has 1 aromatic heterocycles. The molecule has 1 heterocycles. The summed E-state index contributed by atoms with van der Waals surface area (Å²) in [6, 6.07) is 0. The average molecular weight is 235 g/mol. The van der Waals surface area contributed by atoms with Crippen LogP contribution in [0.3, 0.4) is 0 Å². The smallest absolute Gasteiger partial charge is 0.302 e. The molecule has 1 N–H and O–H groups in total. The molecule has 3 nitrogen and oxygen atoms in total. The zero-order valence-corrected chi connectivity index (χ0v) is 10.9. The second kappa shape index (κ2) is 4.94. The molecule has 0 saturated carbocycles. The summed E-state index contributed by atoms with van der Waals surface area (Å²) < 4.78 is 5.12. The fraction of sp³-hybridized carbons (Fsp3) is 0.643. The fourth-order valence-electron chi connectivity index (χ4n) is 2.85. The molecule has 0 aliphatic heterocycles. The third kappa shape index (κ3) is 2.54. The number of aryl methyl sites for hydroxylation is 2. The standard InChI is InChI=1S/C14H21NO2/c1-9(8-17-11(3)16)14-10(2)15-13-7-5-4-6-12(13)14/h9,15H,4-8H2,1-3H3. The highest BCUT2D eigenvalue weighted by molar-refractivity contribution is 5.66. The predicted molar refractivity (Wildman–Crippen MR) is 67.2 cm³/mol. The SMILES string of the molecule is CC(=O)OCC(C)c1c(C)[nH]c2c1CCCC2. The molecule has 1 aliphatic rings. The Morgan fingerprint density at radius 3 is 2.82 bits per heavy atom. The van der Waals surface area contributed by atoms with Gasteiger partial charge < -0.3 is 9.72 Å². The monoisotopic (exact) mass is 235 g/mol. The van der Waals surface area contributed by atoms with Gasteiger partial charge in [0.1, 0.15) is 0 Å². The number of fused-ring (bicyclic) bond motifs is 1. The molecule has 17 heavy (non-hydrogen) atoms. The van der Waals surface area contributed by atoms with Gasteiger partial charge in [0.25, 0.3) is 0 Å². The summed E-state index contributed by atoms with van der Waals surface area (Å²) >= 11 is 0. The molecule has 0 aromatic carbocycles. The van der Waals surface area contributed by atoms with Crippen molar-refractivity contribution in [3.05, 3.63) is 22.5 Å². The van der Waals surface area contributed by atoms with Crippen LogP contribution in [-0.2, 0) is 22.4 Å². The topological polar surface area (TPSA) is 42.1 Å². The van der Waals surface area contributed by atoms with Gasteiger partial charge in [-0.15, -0.1) is 0 Å². The molecular formula is C14H21NO2. The summed E-state index contributed by atoms with van der Waals surface area (Å²) in [7, 11) is 0. The lowest BCUT2D eigenvalue weighted by atomic mass is 9.89. The van der Waals surface area contributed by atoms with Gasteiger partial charge >= 0.3 is 5.97 Å². The zero-order chi connectivity index (χ0) is 12.4. The Kier molecular flexibility index (Phi) is 3.55. The van der Waals surface area contributed by atoms with E-state index < -0.39 is 0 Å². The number of hydrogen-bond donors (Lipinski definition) is 1. The summed E-state index contributed by atoms with van der Waals surface area (Å²) in [6.07, 6.45) is 4.89. The zero-order valence-electron chi connectivity index (χ0n) is 10.9. The number of H-pyrrole nitrogens is 1. The van der Waals surface area contributed by atoms with Crippen LogP contribution < -0.4 is 0 Å². The van der Waals surface area contributed by atoms with Crippen molar-refractivity contribution < 1.29 is 9.53 Å². The Morgan fingerprint density at radius 1 is 1.41 bits per heavy atom. The van der Waals surface area contributed by atoms with E-state index in [1.54, 1.807) is 0 Å². The van der Waals surface area contributed by atoms with E-state index >= 15 is 0 Å². The van der Waals surface area contributed by atoms with Crippen molar-refractivity contribution in [1.82, 2.24) is 4.98 Å². The Morgan fingerprint density at radius 2 is 2.12 bits per heavy atom. The van der Waals surface area contributed by atoms with Gasteiger partial charge in [0.05, 0.1) is 6.61 Å². The van der Waals surface area contributed by atoms with E-state index in [1.165, 1.54) is 48.7 Å². The second-order valence-electron chi connectivity index (χ2n) is 5.03. The van der Waals surface area contributed by atoms with Gasteiger partial charge in [-0.25, -0.2) is 0 Å². The van der Waals surface area contributed by atoms with E-state index in [0.29, 0.717) is 6.61 Å². The van der Waals surface area contributed by atoms with Crippen LogP contribution in [0.5, 0.6) is 0 Å². The van der Waals surface area contributed by atoms with Crippen molar-refractivity contribution in [3.63, 3.8) is 0 Å². The Labute approximate surface area is 103 Å². The Hall–Kier alpha value is -1.25. The minimum absolute atomic E-state index is 0.195. The molecule has 0 amide bonds. The third-order valence-corrected chi connectivity index (χ3v) is 3.56. The Balaban J connectivity index is 2.19. The van der Waals surface area contributed by atoms with Gasteiger partial charge in [-0.2, -0.15) is 0 Å². The molecule has 1 unspecified atom stereocenters. The average Bonchev–Trinajstić information content (AvgIpc) is 2.61. The lowest BCUT2D eigenvalue weighted by Gasteiger charge is -2.17. The number of carbonyl (C=O) groups excluding carboxylic acids is 1. The summed E-state index contributed by atoms with van der Waals surface area (Å²) in [5, 5.41) is 0. The summed E-state index contributed by atoms with van der Waals surface area (Å²) in [5.41, 5.74) is 5.50. The van der Waals surface area contributed by atoms with Crippen LogP contribution in [0.2, 0.25) is 0 Å². The summed E-state index contributed by atoms with van der Waals surface area (Å²) in [4.78, 5) is 14.4. The maximum absolute atomic E-state index is 10.9. The van der Waals surface area contributed by atoms with Crippen molar-refractivity contribution in [2.24, 2.45) is 0 Å². The van der Waals surface area contributed by atoms with E-state index in [9.17, 15) is 4.79 Å². The van der Waals surface area contributed by atoms with Crippen LogP contribution in [-0.4, -0.2) is 17.6 Å². The molecule has 0 spiro atoms. The van der Waals surface area contributed by atoms with Gasteiger partial charge in [-0.1, -0.05) is 6.92 Å². The molecule has 94 valence electrons. The van der Waals surface area contributed by atoms with Gasteiger partial charge in [-0.05, 0) is 43.7 Å². The number of rotatable bonds is 3. The van der Waals surface area contributed by atoms with Gasteiger partial charge in [0, 0.05) is 24.2 Å². The molecular weight excluding hydrogens is 214 g/mol. The quantitative estimate of drug-likeness (QED) is 0.818. The van der Waals surface area contributed by atoms with Crippen LogP contribution in [0.1, 0.15) is 55.1 Å². The van der Waals surface area contributed by atoms with E-state index in [-0.39, 0.29) is 11.9 Å². The first-order chi connectivity index (χ1) is 8.09. The number of aromatic nitrogens is 1. The molecule has 0 bridgehead atoms. The van der Waals surface area contributed by atoms with E-state index in [0.717, 1.165) is 6.42 Å². The van der Waals surface area contributed by atoms with E-state index in [1.807, 2.05) is 0 Å². The summed E-state index contributed by atoms with van der Waals surface area (Å²) in [5.74, 6) is 0.0934. The normalized spacial score (nSPS) is 16.4. The molecule has 0 fully saturated rings. The van der Waals surface area contributed by atoms with Gasteiger partial charge in [0.2, 0.25) is 0 Å². The number of aromatic amines is 1. The van der Waals surface area contributed by atoms with Gasteiger partial charge in [-0.3, -0.25) is 4.79 Å². The summed E-state index contributed by atoms with van der Waals surface area (Å²) in [6.45, 7) is 6.21. The van der Waals surface area contributed by atoms with Crippen LogP contribution in [0.4, 0.5) is 0 Å². The predicted octanol–water partition coefficient (Wildman–Crippen LogP) is 2.87. The Bertz CT molecular complexity index is 420. The molecule has 0 saturated heterocycles. The number of esters is 1. The van der Waals surface area contributed by atoms with Crippen LogP contribution >= 0.6 is 0 Å². The highest BCUT2D eigenvalue weighted by Crippen LogP contribution is 2.31. The van der Waals surface area contributed by atoms with Crippen LogP contribution in [0.25, 0.3) is 0 Å². The molecule has 0 radical (unpaired) electrons. The molecule has 1 aromatic rings. The van der Waals surface area contributed by atoms with Crippen LogP contribution in [0.15, 0.2) is 0 Å². The first kappa shape index (κ1) is 12.2. The number of carbonyl (C=O) groups is 1. The third-order valence-electron chi connectivity index (χ3n) is 3.56. The molecule has 3 heteroatoms. The molecule has 1 atom stereocenters. The van der Waals surface area contributed by atoms with E-state index in [4.69, 9.17) is 4.74 Å². The largest absolute Gasteiger partial charge is 0.465 e. The maximum Gasteiger partial charge on any atom is 0.302 e. The minimum Gasteiger partial charge on any atom is -0.465 e. The van der Waals surface area contributed by atoms with Gasteiger partial charge in [0.15, 0.2) is 0 Å². The number of hydrogen-bond acceptors (Lipinski definition) is 2. The number of nitrogens with one attached hydrogen (secondary N) is 1. The van der Waals surface area contributed by atoms with Crippen molar-refractivity contribution in [1.29, 1.82) is 0 Å². The van der Waals surface area contributed by atoms with Crippen molar-refractivity contribution in [2.45, 2.75) is 52.4 Å². The highest BCUT2D eigenvalue weighted by atomic mass is 16.5. The van der Waals surface area contributed by atoms with Crippen LogP contribution in [0, 0.1) is 6.92 Å². The van der Waals surface area contributed by atoms with Crippen molar-refractivity contribution >= 4 is 5.97 Å². The second-order valence-corrected chi connectivity index (χ2v) is 5.03. The minimum atomic E-state index is -0.195. The lowest BCUT2D eigenvalue weighted by Crippen LogP contribution is -2.11. The number of ether oxygens (including phenoxy) is 1. The van der Waals surface area contributed by atoms with Crippen molar-refractivity contribution in [2.75, 3.05) is 6.61 Å². The highest BCUT2D eigenvalue weighted by Gasteiger charge is 2.22.